The average molecular weight is 594 g/mol. The van der Waals surface area contributed by atoms with Crippen LogP contribution in [0.1, 0.15) is 42.0 Å². The number of Topliss-reactive ketones (excluding diaryl/α,β-unsaturated/α-hetero) is 1. The molecule has 0 radical (unpaired) electrons. The molecule has 0 fully saturated rings. The van der Waals surface area contributed by atoms with Crippen LogP contribution in [-0.4, -0.2) is 27.7 Å². The monoisotopic (exact) mass is 592 g/mol. The largest absolute Gasteiger partial charge is 0.493 e. The summed E-state index contributed by atoms with van der Waals surface area (Å²) in [5, 5.41) is 10.2. The first-order valence-electron chi connectivity index (χ1n) is 12.9. The summed E-state index contributed by atoms with van der Waals surface area (Å²) in [6.45, 7) is 0.301. The Hall–Kier alpha value is -3.46. The summed E-state index contributed by atoms with van der Waals surface area (Å²) < 4.78 is 13.6. The van der Waals surface area contributed by atoms with Crippen molar-refractivity contribution in [2.45, 2.75) is 42.8 Å². The molecule has 1 aliphatic heterocycles. The number of halogens is 2. The topological polar surface area (TPSA) is 78.3 Å². The van der Waals surface area contributed by atoms with Gasteiger partial charge in [0.15, 0.2) is 17.3 Å². The number of hydrogen-bond acceptors (Lipinski definition) is 7. The molecule has 1 aromatic heterocycles. The van der Waals surface area contributed by atoms with Gasteiger partial charge in [-0.15, -0.1) is 5.10 Å². The number of anilines is 1. The van der Waals surface area contributed by atoms with Crippen molar-refractivity contribution in [3.63, 3.8) is 0 Å². The van der Waals surface area contributed by atoms with E-state index in [4.69, 9.17) is 42.8 Å². The molecule has 0 spiro atoms. The first-order chi connectivity index (χ1) is 19.5. The molecular weight excluding hydrogens is 567 g/mol. The van der Waals surface area contributed by atoms with Gasteiger partial charge in [0.1, 0.15) is 12.6 Å². The lowest BCUT2D eigenvalue weighted by atomic mass is 9.85. The molecule has 0 amide bonds. The summed E-state index contributed by atoms with van der Waals surface area (Å²) in [4.78, 5) is 18.0. The third-order valence-electron chi connectivity index (χ3n) is 7.01. The zero-order valence-corrected chi connectivity index (χ0v) is 24.0. The molecular formula is C30H26Cl2N4O3S. The van der Waals surface area contributed by atoms with Crippen LogP contribution in [0.25, 0.3) is 0 Å². The fraction of sp³-hybridized carbons (Fsp3) is 0.233. The number of ketones is 1. The van der Waals surface area contributed by atoms with Crippen LogP contribution in [-0.2, 0) is 17.2 Å². The Labute approximate surface area is 246 Å². The minimum Gasteiger partial charge on any atom is -0.493 e. The first-order valence-corrected chi connectivity index (χ1v) is 14.7. The summed E-state index contributed by atoms with van der Waals surface area (Å²) in [5.74, 6) is 2.49. The van der Waals surface area contributed by atoms with Crippen LogP contribution in [0.15, 0.2) is 83.2 Å². The molecule has 0 saturated heterocycles. The van der Waals surface area contributed by atoms with E-state index < -0.39 is 6.04 Å². The molecule has 7 nitrogen and oxygen atoms in total. The lowest BCUT2D eigenvalue weighted by molar-refractivity contribution is -0.116. The third kappa shape index (κ3) is 5.31. The van der Waals surface area contributed by atoms with E-state index in [0.29, 0.717) is 51.4 Å². The van der Waals surface area contributed by atoms with Gasteiger partial charge in [-0.05, 0) is 48.2 Å². The molecule has 4 aromatic rings. The number of thioether (sulfide) groups is 1. The highest BCUT2D eigenvalue weighted by Crippen LogP contribution is 2.43. The predicted octanol–water partition coefficient (Wildman–Crippen LogP) is 7.49. The van der Waals surface area contributed by atoms with Crippen LogP contribution in [0.5, 0.6) is 11.5 Å². The van der Waals surface area contributed by atoms with Crippen molar-refractivity contribution >= 4 is 46.7 Å². The van der Waals surface area contributed by atoms with Crippen molar-refractivity contribution in [3.8, 4) is 11.5 Å². The van der Waals surface area contributed by atoms with Crippen LogP contribution < -0.4 is 14.8 Å². The van der Waals surface area contributed by atoms with E-state index in [-0.39, 0.29) is 5.78 Å². The summed E-state index contributed by atoms with van der Waals surface area (Å²) >= 11 is 14.2. The molecule has 1 N–H and O–H groups in total. The lowest BCUT2D eigenvalue weighted by Crippen LogP contribution is -2.31. The van der Waals surface area contributed by atoms with Gasteiger partial charge in [-0.25, -0.2) is 4.68 Å². The van der Waals surface area contributed by atoms with Crippen molar-refractivity contribution < 1.29 is 14.3 Å². The zero-order chi connectivity index (χ0) is 27.6. The molecule has 0 saturated carbocycles. The Morgan fingerprint density at radius 2 is 1.75 bits per heavy atom. The molecule has 204 valence electrons. The van der Waals surface area contributed by atoms with Crippen molar-refractivity contribution in [1.82, 2.24) is 14.8 Å². The third-order valence-corrected chi connectivity index (χ3v) is 8.63. The molecule has 2 heterocycles. The number of ether oxygens (including phenoxy) is 2. The standard InChI is InChI=1S/C30H26Cl2N4O3S/c1-38-26-15-18(13-14-25(26)39-16-19-7-2-4-9-21(19)31)28-27-23(11-6-12-24(27)37)33-29-34-30(35-36(28)29)40-17-20-8-3-5-10-22(20)32/h2-5,7-10,13-15,28H,6,11-12,16-17H2,1H3,(H,33,34,35). The zero-order valence-electron chi connectivity index (χ0n) is 21.7. The summed E-state index contributed by atoms with van der Waals surface area (Å²) in [7, 11) is 1.60. The van der Waals surface area contributed by atoms with E-state index in [2.05, 4.69) is 5.32 Å². The number of hydrogen-bond donors (Lipinski definition) is 1. The van der Waals surface area contributed by atoms with E-state index in [1.165, 1.54) is 11.8 Å². The molecule has 0 bridgehead atoms. The van der Waals surface area contributed by atoms with Gasteiger partial charge >= 0.3 is 0 Å². The highest BCUT2D eigenvalue weighted by molar-refractivity contribution is 7.98. The van der Waals surface area contributed by atoms with E-state index in [9.17, 15) is 4.79 Å². The molecule has 1 unspecified atom stereocenters. The number of fused-ring (bicyclic) bond motifs is 1. The van der Waals surface area contributed by atoms with Crippen LogP contribution >= 0.6 is 35.0 Å². The number of methoxy groups -OCH3 is 1. The van der Waals surface area contributed by atoms with Gasteiger partial charge in [0.25, 0.3) is 0 Å². The van der Waals surface area contributed by atoms with Crippen molar-refractivity contribution in [1.29, 1.82) is 0 Å². The fourth-order valence-corrected chi connectivity index (χ4v) is 6.31. The lowest BCUT2D eigenvalue weighted by Gasteiger charge is -2.32. The van der Waals surface area contributed by atoms with Crippen molar-refractivity contribution in [2.24, 2.45) is 0 Å². The molecule has 2 aliphatic rings. The fourth-order valence-electron chi connectivity index (χ4n) is 5.01. The Balaban J connectivity index is 1.32. The van der Waals surface area contributed by atoms with Crippen LogP contribution in [0.3, 0.4) is 0 Å². The number of nitrogens with zero attached hydrogens (tertiary/aromatic N) is 3. The normalized spacial score (nSPS) is 16.3. The molecule has 1 atom stereocenters. The first kappa shape index (κ1) is 26.7. The van der Waals surface area contributed by atoms with Gasteiger partial charge in [-0.3, -0.25) is 4.79 Å². The Morgan fingerprint density at radius 1 is 1.00 bits per heavy atom. The number of nitrogens with one attached hydrogen (secondary N) is 1. The van der Waals surface area contributed by atoms with E-state index >= 15 is 0 Å². The van der Waals surface area contributed by atoms with Crippen molar-refractivity contribution in [3.05, 3.63) is 105 Å². The molecule has 10 heteroatoms. The maximum Gasteiger partial charge on any atom is 0.227 e. The minimum atomic E-state index is -0.437. The highest BCUT2D eigenvalue weighted by Gasteiger charge is 2.37. The maximum atomic E-state index is 13.2. The van der Waals surface area contributed by atoms with Gasteiger partial charge in [0.05, 0.1) is 7.11 Å². The Morgan fingerprint density at radius 3 is 2.50 bits per heavy atom. The smallest absolute Gasteiger partial charge is 0.227 e. The second kappa shape index (κ2) is 11.6. The summed E-state index contributed by atoms with van der Waals surface area (Å²) in [6, 6.07) is 20.6. The van der Waals surface area contributed by atoms with E-state index in [1.807, 2.05) is 66.7 Å². The molecule has 40 heavy (non-hydrogen) atoms. The average Bonchev–Trinajstić information content (AvgIpc) is 3.38. The maximum absolute atomic E-state index is 13.2. The number of benzene rings is 3. The summed E-state index contributed by atoms with van der Waals surface area (Å²) in [6.07, 6.45) is 2.09. The quantitative estimate of drug-likeness (QED) is 0.212. The van der Waals surface area contributed by atoms with Gasteiger partial charge < -0.3 is 14.8 Å². The molecule has 3 aromatic carbocycles. The van der Waals surface area contributed by atoms with Crippen molar-refractivity contribution in [2.75, 3.05) is 12.4 Å². The predicted molar refractivity (Wildman–Crippen MR) is 157 cm³/mol. The number of aromatic nitrogens is 3. The second-order valence-electron chi connectivity index (χ2n) is 9.53. The van der Waals surface area contributed by atoms with E-state index in [1.54, 1.807) is 11.8 Å². The van der Waals surface area contributed by atoms with Gasteiger partial charge in [0, 0.05) is 39.1 Å². The van der Waals surface area contributed by atoms with E-state index in [0.717, 1.165) is 40.8 Å². The minimum absolute atomic E-state index is 0.114. The number of carbonyl (C=O) groups excluding carboxylic acids is 1. The highest BCUT2D eigenvalue weighted by atomic mass is 35.5. The molecule has 1 aliphatic carbocycles. The SMILES string of the molecule is COc1cc(C2C3=C(CCCC3=O)Nc3nc(SCc4ccccc4Cl)nn32)ccc1OCc1ccccc1Cl. The van der Waals surface area contributed by atoms with Crippen LogP contribution in [0, 0.1) is 0 Å². The van der Waals surface area contributed by atoms with Crippen LogP contribution in [0.2, 0.25) is 10.0 Å². The molecule has 6 rings (SSSR count). The number of rotatable bonds is 8. The van der Waals surface area contributed by atoms with Gasteiger partial charge in [-0.1, -0.05) is 77.4 Å². The Kier molecular flexibility index (Phi) is 7.74. The van der Waals surface area contributed by atoms with Gasteiger partial charge in [0.2, 0.25) is 11.1 Å². The second-order valence-corrected chi connectivity index (χ2v) is 11.3. The number of carbonyl (C=O) groups is 1. The number of allylic oxidation sites excluding steroid dienone is 2. The van der Waals surface area contributed by atoms with Crippen LogP contribution in [0.4, 0.5) is 5.95 Å². The van der Waals surface area contributed by atoms with Gasteiger partial charge in [-0.2, -0.15) is 4.98 Å². The Bertz CT molecular complexity index is 1620. The summed E-state index contributed by atoms with van der Waals surface area (Å²) in [5.41, 5.74) is 4.38.